The molecule has 0 aromatic heterocycles. The van der Waals surface area contributed by atoms with Gasteiger partial charge in [0.1, 0.15) is 0 Å². The van der Waals surface area contributed by atoms with Gasteiger partial charge in [0.25, 0.3) is 0 Å². The Labute approximate surface area is 120 Å². The molecule has 20 heavy (non-hydrogen) atoms. The van der Waals surface area contributed by atoms with Gasteiger partial charge in [-0.3, -0.25) is 4.79 Å². The van der Waals surface area contributed by atoms with E-state index in [0.29, 0.717) is 6.04 Å². The van der Waals surface area contributed by atoms with Gasteiger partial charge in [-0.05, 0) is 50.4 Å². The highest BCUT2D eigenvalue weighted by atomic mass is 16.2. The van der Waals surface area contributed by atoms with Crippen LogP contribution >= 0.6 is 0 Å². The first-order chi connectivity index (χ1) is 9.81. The Kier molecular flexibility index (Phi) is 4.21. The molecular formula is C16H23N3O. The van der Waals surface area contributed by atoms with Crippen LogP contribution in [0.25, 0.3) is 0 Å². The fourth-order valence-corrected chi connectivity index (χ4v) is 2.64. The van der Waals surface area contributed by atoms with Gasteiger partial charge in [-0.25, -0.2) is 0 Å². The molecule has 1 unspecified atom stereocenters. The summed E-state index contributed by atoms with van der Waals surface area (Å²) in [4.78, 5) is 11.7. The lowest BCUT2D eigenvalue weighted by molar-refractivity contribution is -0.117. The average molecular weight is 273 g/mol. The molecule has 1 atom stereocenters. The third kappa shape index (κ3) is 3.73. The maximum Gasteiger partial charge on any atom is 0.227 e. The van der Waals surface area contributed by atoms with E-state index in [1.54, 1.807) is 0 Å². The quantitative estimate of drug-likeness (QED) is 0.773. The molecule has 1 amide bonds. The van der Waals surface area contributed by atoms with Crippen molar-refractivity contribution >= 4 is 17.3 Å². The summed E-state index contributed by atoms with van der Waals surface area (Å²) in [5.41, 5.74) is 1.97. The van der Waals surface area contributed by atoms with E-state index in [0.717, 1.165) is 37.3 Å². The number of hydrogen-bond acceptors (Lipinski definition) is 3. The Hall–Kier alpha value is -1.55. The topological polar surface area (TPSA) is 53.2 Å². The number of amides is 1. The van der Waals surface area contributed by atoms with Gasteiger partial charge in [0.2, 0.25) is 5.91 Å². The van der Waals surface area contributed by atoms with Gasteiger partial charge in [-0.2, -0.15) is 0 Å². The van der Waals surface area contributed by atoms with Crippen molar-refractivity contribution in [3.63, 3.8) is 0 Å². The van der Waals surface area contributed by atoms with Crippen molar-refractivity contribution in [3.05, 3.63) is 24.3 Å². The number of benzene rings is 1. The Morgan fingerprint density at radius 3 is 2.80 bits per heavy atom. The van der Waals surface area contributed by atoms with Gasteiger partial charge in [0.05, 0.1) is 0 Å². The first-order valence-electron chi connectivity index (χ1n) is 7.69. The van der Waals surface area contributed by atoms with Crippen LogP contribution in [-0.2, 0) is 4.79 Å². The molecule has 1 aliphatic carbocycles. The van der Waals surface area contributed by atoms with Crippen LogP contribution in [0.3, 0.4) is 0 Å². The number of nitrogens with one attached hydrogen (secondary N) is 3. The number of piperidine rings is 1. The molecule has 4 nitrogen and oxygen atoms in total. The highest BCUT2D eigenvalue weighted by Crippen LogP contribution is 2.30. The molecule has 2 aliphatic rings. The Bertz CT molecular complexity index is 465. The Morgan fingerprint density at radius 1 is 1.20 bits per heavy atom. The molecule has 4 heteroatoms. The van der Waals surface area contributed by atoms with Gasteiger partial charge < -0.3 is 16.0 Å². The third-order valence-electron chi connectivity index (χ3n) is 4.04. The van der Waals surface area contributed by atoms with Crippen molar-refractivity contribution in [1.29, 1.82) is 0 Å². The molecule has 108 valence electrons. The zero-order valence-electron chi connectivity index (χ0n) is 11.8. The predicted octanol–water partition coefficient (Wildman–Crippen LogP) is 2.59. The molecule has 1 saturated heterocycles. The number of carbonyl (C=O) groups excluding carboxylic acids is 1. The second-order valence-corrected chi connectivity index (χ2v) is 5.87. The van der Waals surface area contributed by atoms with Crippen LogP contribution in [0.4, 0.5) is 11.4 Å². The number of rotatable bonds is 5. The summed E-state index contributed by atoms with van der Waals surface area (Å²) in [6.45, 7) is 2.07. The molecule has 1 aliphatic heterocycles. The summed E-state index contributed by atoms with van der Waals surface area (Å²) in [6.07, 6.45) is 5.93. The van der Waals surface area contributed by atoms with Crippen molar-refractivity contribution in [1.82, 2.24) is 5.32 Å². The molecule has 3 rings (SSSR count). The second-order valence-electron chi connectivity index (χ2n) is 5.87. The smallest absolute Gasteiger partial charge is 0.227 e. The van der Waals surface area contributed by atoms with Crippen molar-refractivity contribution in [2.45, 2.75) is 38.1 Å². The standard InChI is InChI=1S/C16H23N3O/c20-16(12-7-8-12)19-14-6-3-5-13(10-14)18-11-15-4-1-2-9-17-15/h3,5-6,10,12,15,17-18H,1-2,4,7-9,11H2,(H,19,20). The minimum absolute atomic E-state index is 0.163. The van der Waals surface area contributed by atoms with Crippen LogP contribution in [0.5, 0.6) is 0 Å². The highest BCUT2D eigenvalue weighted by molar-refractivity contribution is 5.94. The minimum atomic E-state index is 0.163. The minimum Gasteiger partial charge on any atom is -0.383 e. The summed E-state index contributed by atoms with van der Waals surface area (Å²) in [6, 6.07) is 8.57. The molecule has 1 aromatic rings. The number of carbonyl (C=O) groups is 1. The zero-order chi connectivity index (χ0) is 13.8. The van der Waals surface area contributed by atoms with E-state index in [4.69, 9.17) is 0 Å². The number of anilines is 2. The normalized spacial score (nSPS) is 22.3. The van der Waals surface area contributed by atoms with Gasteiger partial charge in [-0.1, -0.05) is 12.5 Å². The van der Waals surface area contributed by atoms with Gasteiger partial charge in [0, 0.05) is 29.9 Å². The van der Waals surface area contributed by atoms with Gasteiger partial charge in [0.15, 0.2) is 0 Å². The lowest BCUT2D eigenvalue weighted by atomic mass is 10.1. The molecule has 0 bridgehead atoms. The monoisotopic (exact) mass is 273 g/mol. The maximum atomic E-state index is 11.7. The molecule has 1 aromatic carbocycles. The first-order valence-corrected chi connectivity index (χ1v) is 7.69. The van der Waals surface area contributed by atoms with Crippen molar-refractivity contribution < 1.29 is 4.79 Å². The van der Waals surface area contributed by atoms with Crippen molar-refractivity contribution in [3.8, 4) is 0 Å². The van der Waals surface area contributed by atoms with Crippen LogP contribution in [0.1, 0.15) is 32.1 Å². The van der Waals surface area contributed by atoms with E-state index in [2.05, 4.69) is 22.0 Å². The van der Waals surface area contributed by atoms with E-state index in [1.807, 2.05) is 18.2 Å². The van der Waals surface area contributed by atoms with E-state index in [9.17, 15) is 4.79 Å². The van der Waals surface area contributed by atoms with E-state index in [-0.39, 0.29) is 11.8 Å². The van der Waals surface area contributed by atoms with Crippen LogP contribution in [0.2, 0.25) is 0 Å². The third-order valence-corrected chi connectivity index (χ3v) is 4.04. The summed E-state index contributed by atoms with van der Waals surface area (Å²) < 4.78 is 0. The summed E-state index contributed by atoms with van der Waals surface area (Å²) in [7, 11) is 0. The molecule has 0 radical (unpaired) electrons. The van der Waals surface area contributed by atoms with Crippen molar-refractivity contribution in [2.24, 2.45) is 5.92 Å². The van der Waals surface area contributed by atoms with E-state index < -0.39 is 0 Å². The first kappa shape index (κ1) is 13.4. The fourth-order valence-electron chi connectivity index (χ4n) is 2.64. The Balaban J connectivity index is 1.52. The van der Waals surface area contributed by atoms with Crippen LogP contribution in [0.15, 0.2) is 24.3 Å². The molecular weight excluding hydrogens is 250 g/mol. The zero-order valence-corrected chi connectivity index (χ0v) is 11.8. The molecule has 1 heterocycles. The van der Waals surface area contributed by atoms with Crippen LogP contribution in [-0.4, -0.2) is 25.0 Å². The molecule has 2 fully saturated rings. The predicted molar refractivity (Wildman–Crippen MR) is 81.9 cm³/mol. The lowest BCUT2D eigenvalue weighted by Crippen LogP contribution is -2.39. The molecule has 3 N–H and O–H groups in total. The van der Waals surface area contributed by atoms with Crippen LogP contribution in [0, 0.1) is 5.92 Å². The van der Waals surface area contributed by atoms with Crippen molar-refractivity contribution in [2.75, 3.05) is 23.7 Å². The largest absolute Gasteiger partial charge is 0.383 e. The average Bonchev–Trinajstić information content (AvgIpc) is 3.31. The second kappa shape index (κ2) is 6.27. The van der Waals surface area contributed by atoms with Crippen LogP contribution < -0.4 is 16.0 Å². The maximum absolute atomic E-state index is 11.7. The lowest BCUT2D eigenvalue weighted by Gasteiger charge is -2.24. The SMILES string of the molecule is O=C(Nc1cccc(NCC2CCCCN2)c1)C1CC1. The highest BCUT2D eigenvalue weighted by Gasteiger charge is 2.29. The Morgan fingerprint density at radius 2 is 2.05 bits per heavy atom. The van der Waals surface area contributed by atoms with Gasteiger partial charge in [-0.15, -0.1) is 0 Å². The summed E-state index contributed by atoms with van der Waals surface area (Å²) >= 11 is 0. The molecule has 0 spiro atoms. The van der Waals surface area contributed by atoms with E-state index in [1.165, 1.54) is 19.3 Å². The number of hydrogen-bond donors (Lipinski definition) is 3. The summed E-state index contributed by atoms with van der Waals surface area (Å²) in [5, 5.41) is 9.97. The van der Waals surface area contributed by atoms with Gasteiger partial charge >= 0.3 is 0 Å². The fraction of sp³-hybridized carbons (Fsp3) is 0.562. The summed E-state index contributed by atoms with van der Waals surface area (Å²) in [5.74, 6) is 0.411. The molecule has 1 saturated carbocycles. The van der Waals surface area contributed by atoms with E-state index >= 15 is 0 Å².